The van der Waals surface area contributed by atoms with Gasteiger partial charge in [0.25, 0.3) is 0 Å². The Morgan fingerprint density at radius 1 is 1.54 bits per heavy atom. The second-order valence-corrected chi connectivity index (χ2v) is 3.18. The van der Waals surface area contributed by atoms with Crippen LogP contribution in [0.1, 0.15) is 39.5 Å². The number of nitrogens with two attached hydrogens (primary N) is 1. The van der Waals surface area contributed by atoms with E-state index in [0.29, 0.717) is 6.42 Å². The summed E-state index contributed by atoms with van der Waals surface area (Å²) in [6.45, 7) is 4.83. The van der Waals surface area contributed by atoms with E-state index in [2.05, 4.69) is 12.1 Å². The van der Waals surface area contributed by atoms with Crippen LogP contribution in [0.25, 0.3) is 0 Å². The molecular formula is C9H20N2O2. The van der Waals surface area contributed by atoms with E-state index in [0.717, 1.165) is 13.0 Å². The molecule has 4 heteroatoms. The second kappa shape index (κ2) is 7.86. The minimum atomic E-state index is 0.0350. The number of nitrogens with zero attached hydrogens (tertiary/aromatic N) is 1. The summed E-state index contributed by atoms with van der Waals surface area (Å²) in [6.07, 6.45) is 3.99. The molecule has 0 bridgehead atoms. The molecule has 0 aliphatic carbocycles. The Bertz CT molecular complexity index is 149. The molecular weight excluding hydrogens is 168 g/mol. The van der Waals surface area contributed by atoms with Crippen molar-refractivity contribution in [2.24, 2.45) is 10.9 Å². The Kier molecular flexibility index (Phi) is 7.39. The van der Waals surface area contributed by atoms with Crippen LogP contribution >= 0.6 is 0 Å². The van der Waals surface area contributed by atoms with Gasteiger partial charge in [-0.3, -0.25) is 0 Å². The van der Waals surface area contributed by atoms with Gasteiger partial charge in [0, 0.05) is 13.0 Å². The summed E-state index contributed by atoms with van der Waals surface area (Å²) < 4.78 is 5.44. The van der Waals surface area contributed by atoms with Crippen molar-refractivity contribution < 1.29 is 9.94 Å². The van der Waals surface area contributed by atoms with E-state index >= 15 is 0 Å². The Morgan fingerprint density at radius 2 is 2.23 bits per heavy atom. The molecule has 3 N–H and O–H groups in total. The molecule has 0 aliphatic heterocycles. The van der Waals surface area contributed by atoms with Gasteiger partial charge >= 0.3 is 0 Å². The maximum atomic E-state index is 8.30. The largest absolute Gasteiger partial charge is 0.409 e. The van der Waals surface area contributed by atoms with E-state index in [4.69, 9.17) is 15.7 Å². The van der Waals surface area contributed by atoms with Crippen molar-refractivity contribution in [3.63, 3.8) is 0 Å². The van der Waals surface area contributed by atoms with Crippen molar-refractivity contribution in [2.45, 2.75) is 45.6 Å². The van der Waals surface area contributed by atoms with Gasteiger partial charge in [0.15, 0.2) is 0 Å². The van der Waals surface area contributed by atoms with Crippen LogP contribution in [0.15, 0.2) is 5.16 Å². The molecule has 13 heavy (non-hydrogen) atoms. The lowest BCUT2D eigenvalue weighted by Gasteiger charge is -2.11. The first-order valence-electron chi connectivity index (χ1n) is 4.78. The van der Waals surface area contributed by atoms with Gasteiger partial charge in [-0.2, -0.15) is 0 Å². The zero-order valence-corrected chi connectivity index (χ0v) is 8.49. The Balaban J connectivity index is 3.35. The monoisotopic (exact) mass is 188 g/mol. The molecule has 0 aromatic rings. The molecule has 0 saturated carbocycles. The van der Waals surface area contributed by atoms with Crippen molar-refractivity contribution >= 4 is 5.84 Å². The minimum absolute atomic E-state index is 0.0350. The lowest BCUT2D eigenvalue weighted by molar-refractivity contribution is 0.0676. The van der Waals surface area contributed by atoms with Crippen molar-refractivity contribution in [3.8, 4) is 0 Å². The van der Waals surface area contributed by atoms with Crippen LogP contribution in [0.2, 0.25) is 0 Å². The standard InChI is InChI=1S/C9H20N2O2/c1-3-4-5-6-13-8(2)7-9(10)11-12/h8,12H,3-7H2,1-2H3,(H2,10,11). The fourth-order valence-electron chi connectivity index (χ4n) is 1.03. The average molecular weight is 188 g/mol. The molecule has 0 saturated heterocycles. The number of amidine groups is 1. The number of unbranched alkanes of at least 4 members (excludes halogenated alkanes) is 2. The first-order valence-corrected chi connectivity index (χ1v) is 4.78. The van der Waals surface area contributed by atoms with Crippen molar-refractivity contribution in [1.29, 1.82) is 0 Å². The van der Waals surface area contributed by atoms with Crippen LogP contribution < -0.4 is 5.73 Å². The zero-order chi connectivity index (χ0) is 10.1. The predicted octanol–water partition coefficient (Wildman–Crippen LogP) is 1.72. The minimum Gasteiger partial charge on any atom is -0.409 e. The maximum Gasteiger partial charge on any atom is 0.141 e. The summed E-state index contributed by atoms with van der Waals surface area (Å²) in [5.74, 6) is 0.225. The predicted molar refractivity (Wildman–Crippen MR) is 53.0 cm³/mol. The summed E-state index contributed by atoms with van der Waals surface area (Å²) in [4.78, 5) is 0. The van der Waals surface area contributed by atoms with E-state index in [1.54, 1.807) is 0 Å². The highest BCUT2D eigenvalue weighted by Crippen LogP contribution is 2.01. The molecule has 4 nitrogen and oxygen atoms in total. The molecule has 0 fully saturated rings. The van der Waals surface area contributed by atoms with Gasteiger partial charge in [-0.05, 0) is 13.3 Å². The van der Waals surface area contributed by atoms with Gasteiger partial charge in [-0.1, -0.05) is 24.9 Å². The summed E-state index contributed by atoms with van der Waals surface area (Å²) in [5, 5.41) is 11.2. The van der Waals surface area contributed by atoms with Crippen LogP contribution in [0.4, 0.5) is 0 Å². The molecule has 0 radical (unpaired) electrons. The third-order valence-corrected chi connectivity index (χ3v) is 1.78. The van der Waals surface area contributed by atoms with Gasteiger partial charge in [-0.15, -0.1) is 0 Å². The Morgan fingerprint density at radius 3 is 2.77 bits per heavy atom. The van der Waals surface area contributed by atoms with Crippen molar-refractivity contribution in [2.75, 3.05) is 6.61 Å². The molecule has 78 valence electrons. The summed E-state index contributed by atoms with van der Waals surface area (Å²) >= 11 is 0. The zero-order valence-electron chi connectivity index (χ0n) is 8.49. The van der Waals surface area contributed by atoms with Crippen LogP contribution in [0.5, 0.6) is 0 Å². The van der Waals surface area contributed by atoms with Crippen molar-refractivity contribution in [3.05, 3.63) is 0 Å². The van der Waals surface area contributed by atoms with E-state index in [1.165, 1.54) is 12.8 Å². The third kappa shape index (κ3) is 7.59. The molecule has 0 spiro atoms. The van der Waals surface area contributed by atoms with E-state index in [-0.39, 0.29) is 11.9 Å². The molecule has 0 amide bonds. The molecule has 0 heterocycles. The summed E-state index contributed by atoms with van der Waals surface area (Å²) in [7, 11) is 0. The maximum absolute atomic E-state index is 8.30. The number of hydrogen-bond acceptors (Lipinski definition) is 3. The van der Waals surface area contributed by atoms with Crippen LogP contribution in [-0.2, 0) is 4.74 Å². The smallest absolute Gasteiger partial charge is 0.141 e. The van der Waals surface area contributed by atoms with E-state index in [9.17, 15) is 0 Å². The molecule has 1 atom stereocenters. The van der Waals surface area contributed by atoms with E-state index in [1.807, 2.05) is 6.92 Å². The molecule has 0 aromatic heterocycles. The highest BCUT2D eigenvalue weighted by molar-refractivity contribution is 5.79. The Labute approximate surface area is 79.8 Å². The van der Waals surface area contributed by atoms with Crippen molar-refractivity contribution in [1.82, 2.24) is 0 Å². The van der Waals surface area contributed by atoms with Crippen LogP contribution in [0, 0.1) is 0 Å². The number of ether oxygens (including phenoxy) is 1. The lowest BCUT2D eigenvalue weighted by atomic mass is 10.2. The van der Waals surface area contributed by atoms with Crippen LogP contribution in [-0.4, -0.2) is 23.8 Å². The SMILES string of the molecule is CCCCCOC(C)CC(N)=NO. The third-order valence-electron chi connectivity index (χ3n) is 1.78. The normalized spacial score (nSPS) is 14.5. The van der Waals surface area contributed by atoms with Gasteiger partial charge < -0.3 is 15.7 Å². The highest BCUT2D eigenvalue weighted by Gasteiger charge is 2.04. The summed E-state index contributed by atoms with van der Waals surface area (Å²) in [5.41, 5.74) is 5.32. The molecule has 0 rings (SSSR count). The van der Waals surface area contributed by atoms with Crippen LogP contribution in [0.3, 0.4) is 0 Å². The fourth-order valence-corrected chi connectivity index (χ4v) is 1.03. The second-order valence-electron chi connectivity index (χ2n) is 3.18. The molecule has 0 aromatic carbocycles. The van der Waals surface area contributed by atoms with Gasteiger partial charge in [0.2, 0.25) is 0 Å². The average Bonchev–Trinajstić information content (AvgIpc) is 2.12. The topological polar surface area (TPSA) is 67.8 Å². The number of oxime groups is 1. The first-order chi connectivity index (χ1) is 6.20. The van der Waals surface area contributed by atoms with Gasteiger partial charge in [-0.25, -0.2) is 0 Å². The number of rotatable bonds is 7. The molecule has 0 aliphatic rings. The first kappa shape index (κ1) is 12.2. The lowest BCUT2D eigenvalue weighted by Crippen LogP contribution is -2.21. The van der Waals surface area contributed by atoms with Gasteiger partial charge in [0.05, 0.1) is 6.10 Å². The quantitative estimate of drug-likeness (QED) is 0.210. The number of hydrogen-bond donors (Lipinski definition) is 2. The van der Waals surface area contributed by atoms with E-state index < -0.39 is 0 Å². The highest BCUT2D eigenvalue weighted by atomic mass is 16.5. The fraction of sp³-hybridized carbons (Fsp3) is 0.889. The van der Waals surface area contributed by atoms with Gasteiger partial charge in [0.1, 0.15) is 5.84 Å². The molecule has 1 unspecified atom stereocenters. The Hall–Kier alpha value is -0.770. The summed E-state index contributed by atoms with van der Waals surface area (Å²) in [6, 6.07) is 0.